The minimum atomic E-state index is -0.451. The first-order valence-electron chi connectivity index (χ1n) is 4.93. The maximum Gasteiger partial charge on any atom is 0.269 e. The summed E-state index contributed by atoms with van der Waals surface area (Å²) in [6, 6.07) is 11.0. The van der Waals surface area contributed by atoms with Gasteiger partial charge in [0.25, 0.3) is 5.69 Å². The first-order chi connectivity index (χ1) is 8.56. The van der Waals surface area contributed by atoms with Gasteiger partial charge in [-0.3, -0.25) is 10.1 Å². The molecule has 0 fully saturated rings. The molecule has 0 aliphatic rings. The molecule has 0 bridgehead atoms. The molecular weight excluding hydrogens is 321 g/mol. The third-order valence-corrected chi connectivity index (χ3v) is 3.81. The fourth-order valence-corrected chi connectivity index (χ4v) is 2.40. The quantitative estimate of drug-likeness (QED) is 0.608. The maximum atomic E-state index is 13.3. The van der Waals surface area contributed by atoms with Crippen molar-refractivity contribution in [3.8, 4) is 0 Å². The lowest BCUT2D eigenvalue weighted by Crippen LogP contribution is -1.86. The highest BCUT2D eigenvalue weighted by molar-refractivity contribution is 9.10. The molecule has 0 N–H and O–H groups in total. The highest BCUT2D eigenvalue weighted by atomic mass is 79.9. The number of hydrogen-bond donors (Lipinski definition) is 0. The number of nitro groups is 1. The summed E-state index contributed by atoms with van der Waals surface area (Å²) in [6.45, 7) is 0. The average molecular weight is 328 g/mol. The Morgan fingerprint density at radius 1 is 1.11 bits per heavy atom. The second-order valence-electron chi connectivity index (χ2n) is 3.43. The van der Waals surface area contributed by atoms with Crippen LogP contribution in [0.15, 0.2) is 56.7 Å². The van der Waals surface area contributed by atoms with E-state index in [2.05, 4.69) is 15.9 Å². The van der Waals surface area contributed by atoms with E-state index < -0.39 is 4.92 Å². The first kappa shape index (κ1) is 13.0. The minimum Gasteiger partial charge on any atom is -0.258 e. The maximum absolute atomic E-state index is 13.3. The number of halogens is 2. The number of benzene rings is 2. The van der Waals surface area contributed by atoms with Crippen molar-refractivity contribution in [1.29, 1.82) is 0 Å². The molecule has 0 saturated carbocycles. The lowest BCUT2D eigenvalue weighted by molar-refractivity contribution is -0.384. The van der Waals surface area contributed by atoms with Gasteiger partial charge in [-0.2, -0.15) is 0 Å². The number of nitrogens with zero attached hydrogens (tertiary/aromatic N) is 1. The summed E-state index contributed by atoms with van der Waals surface area (Å²) in [5.74, 6) is -0.332. The summed E-state index contributed by atoms with van der Waals surface area (Å²) in [5.41, 5.74) is 0.0429. The van der Waals surface area contributed by atoms with Crippen LogP contribution in [-0.4, -0.2) is 4.92 Å². The van der Waals surface area contributed by atoms with E-state index in [0.29, 0.717) is 4.47 Å². The lowest BCUT2D eigenvalue weighted by Gasteiger charge is -2.02. The van der Waals surface area contributed by atoms with Crippen molar-refractivity contribution in [1.82, 2.24) is 0 Å². The van der Waals surface area contributed by atoms with Gasteiger partial charge in [0.2, 0.25) is 0 Å². The Balaban J connectivity index is 2.18. The molecule has 18 heavy (non-hydrogen) atoms. The van der Waals surface area contributed by atoms with Crippen molar-refractivity contribution in [3.63, 3.8) is 0 Å². The second kappa shape index (κ2) is 5.49. The van der Waals surface area contributed by atoms with Gasteiger partial charge in [0.1, 0.15) is 5.82 Å². The van der Waals surface area contributed by atoms with Crippen LogP contribution in [0.25, 0.3) is 0 Å². The monoisotopic (exact) mass is 327 g/mol. The zero-order chi connectivity index (χ0) is 13.1. The fourth-order valence-electron chi connectivity index (χ4n) is 1.31. The van der Waals surface area contributed by atoms with Crippen LogP contribution >= 0.6 is 27.7 Å². The number of non-ortho nitro benzene ring substituents is 1. The van der Waals surface area contributed by atoms with Gasteiger partial charge < -0.3 is 0 Å². The standard InChI is InChI=1S/C12H7BrFNO2S/c13-11-6-5-10(7-12(11)14)18-9-3-1-8(2-4-9)15(16)17/h1-7H. The van der Waals surface area contributed by atoms with Gasteiger partial charge in [0.05, 0.1) is 9.40 Å². The largest absolute Gasteiger partial charge is 0.269 e. The fraction of sp³-hybridized carbons (Fsp3) is 0. The molecule has 3 nitrogen and oxygen atoms in total. The Morgan fingerprint density at radius 2 is 1.72 bits per heavy atom. The molecule has 0 radical (unpaired) electrons. The van der Waals surface area contributed by atoms with E-state index in [1.54, 1.807) is 24.3 Å². The molecule has 92 valence electrons. The molecule has 2 rings (SSSR count). The Morgan fingerprint density at radius 3 is 2.28 bits per heavy atom. The Bertz CT molecular complexity index is 589. The summed E-state index contributed by atoms with van der Waals surface area (Å²) in [5, 5.41) is 10.5. The number of rotatable bonds is 3. The number of nitro benzene ring substituents is 1. The van der Waals surface area contributed by atoms with Crippen molar-refractivity contribution >= 4 is 33.4 Å². The highest BCUT2D eigenvalue weighted by Crippen LogP contribution is 2.30. The molecule has 0 amide bonds. The van der Waals surface area contributed by atoms with Gasteiger partial charge in [-0.05, 0) is 46.3 Å². The van der Waals surface area contributed by atoms with E-state index >= 15 is 0 Å². The van der Waals surface area contributed by atoms with Gasteiger partial charge in [-0.15, -0.1) is 0 Å². The zero-order valence-electron chi connectivity index (χ0n) is 8.97. The van der Waals surface area contributed by atoms with Crippen molar-refractivity contribution in [2.45, 2.75) is 9.79 Å². The van der Waals surface area contributed by atoms with E-state index in [4.69, 9.17) is 0 Å². The molecular formula is C12H7BrFNO2S. The van der Waals surface area contributed by atoms with Crippen molar-refractivity contribution < 1.29 is 9.31 Å². The second-order valence-corrected chi connectivity index (χ2v) is 5.43. The van der Waals surface area contributed by atoms with Gasteiger partial charge in [-0.25, -0.2) is 4.39 Å². The van der Waals surface area contributed by atoms with E-state index in [1.165, 1.54) is 30.0 Å². The van der Waals surface area contributed by atoms with E-state index in [-0.39, 0.29) is 11.5 Å². The Labute approximate surface area is 115 Å². The van der Waals surface area contributed by atoms with Crippen LogP contribution < -0.4 is 0 Å². The van der Waals surface area contributed by atoms with Crippen LogP contribution in [0.5, 0.6) is 0 Å². The topological polar surface area (TPSA) is 43.1 Å². The molecule has 0 heterocycles. The molecule has 0 atom stereocenters. The van der Waals surface area contributed by atoms with E-state index in [1.807, 2.05) is 0 Å². The van der Waals surface area contributed by atoms with Crippen LogP contribution in [0.1, 0.15) is 0 Å². The predicted octanol–water partition coefficient (Wildman–Crippen LogP) is 4.65. The molecule has 0 saturated heterocycles. The van der Waals surface area contributed by atoms with Crippen LogP contribution in [0.2, 0.25) is 0 Å². The van der Waals surface area contributed by atoms with Gasteiger partial charge >= 0.3 is 0 Å². The van der Waals surface area contributed by atoms with Crippen molar-refractivity contribution in [3.05, 3.63) is 62.9 Å². The Kier molecular flexibility index (Phi) is 3.98. The molecule has 2 aromatic carbocycles. The highest BCUT2D eigenvalue weighted by Gasteiger charge is 2.06. The van der Waals surface area contributed by atoms with Gasteiger partial charge in [0, 0.05) is 21.9 Å². The average Bonchev–Trinajstić information content (AvgIpc) is 2.34. The molecule has 0 aromatic heterocycles. The van der Waals surface area contributed by atoms with Crippen LogP contribution in [0.4, 0.5) is 10.1 Å². The van der Waals surface area contributed by atoms with E-state index in [0.717, 1.165) is 9.79 Å². The lowest BCUT2D eigenvalue weighted by atomic mass is 10.3. The van der Waals surface area contributed by atoms with Crippen LogP contribution in [-0.2, 0) is 0 Å². The summed E-state index contributed by atoms with van der Waals surface area (Å²) in [6.07, 6.45) is 0. The molecule has 0 aliphatic heterocycles. The smallest absolute Gasteiger partial charge is 0.258 e. The zero-order valence-corrected chi connectivity index (χ0v) is 11.4. The molecule has 0 aliphatic carbocycles. The van der Waals surface area contributed by atoms with E-state index in [9.17, 15) is 14.5 Å². The molecule has 0 unspecified atom stereocenters. The number of hydrogen-bond acceptors (Lipinski definition) is 3. The summed E-state index contributed by atoms with van der Waals surface area (Å²) >= 11 is 4.43. The molecule has 6 heteroatoms. The summed E-state index contributed by atoms with van der Waals surface area (Å²) in [7, 11) is 0. The third-order valence-electron chi connectivity index (χ3n) is 2.17. The summed E-state index contributed by atoms with van der Waals surface area (Å²) in [4.78, 5) is 11.6. The van der Waals surface area contributed by atoms with Gasteiger partial charge in [-0.1, -0.05) is 11.8 Å². The molecule has 2 aromatic rings. The SMILES string of the molecule is O=[N+]([O-])c1ccc(Sc2ccc(Br)c(F)c2)cc1. The van der Waals surface area contributed by atoms with Crippen LogP contribution in [0.3, 0.4) is 0 Å². The third kappa shape index (κ3) is 3.08. The summed E-state index contributed by atoms with van der Waals surface area (Å²) < 4.78 is 13.7. The normalized spacial score (nSPS) is 10.3. The van der Waals surface area contributed by atoms with Crippen LogP contribution in [0, 0.1) is 15.9 Å². The Hall–Kier alpha value is -1.40. The van der Waals surface area contributed by atoms with Gasteiger partial charge in [0.15, 0.2) is 0 Å². The molecule has 0 spiro atoms. The van der Waals surface area contributed by atoms with Crippen molar-refractivity contribution in [2.24, 2.45) is 0 Å². The minimum absolute atomic E-state index is 0.0429. The first-order valence-corrected chi connectivity index (χ1v) is 6.54. The predicted molar refractivity (Wildman–Crippen MR) is 71.3 cm³/mol. The van der Waals surface area contributed by atoms with Crippen molar-refractivity contribution in [2.75, 3.05) is 0 Å².